The minimum absolute atomic E-state index is 0.0179. The number of anilines is 1. The van der Waals surface area contributed by atoms with Gasteiger partial charge in [0, 0.05) is 22.2 Å². The van der Waals surface area contributed by atoms with Crippen LogP contribution in [-0.4, -0.2) is 41.7 Å². The smallest absolute Gasteiger partial charge is 0.414 e. The van der Waals surface area contributed by atoms with Crippen LogP contribution in [0.2, 0.25) is 5.02 Å². The van der Waals surface area contributed by atoms with Crippen LogP contribution in [0.25, 0.3) is 0 Å². The Bertz CT molecular complexity index is 1830. The lowest BCUT2D eigenvalue weighted by Gasteiger charge is -2.31. The van der Waals surface area contributed by atoms with Gasteiger partial charge < -0.3 is 18.9 Å². The Labute approximate surface area is 253 Å². The van der Waals surface area contributed by atoms with Gasteiger partial charge in [-0.1, -0.05) is 48.0 Å². The molecule has 1 N–H and O–H groups in total. The second-order valence-corrected chi connectivity index (χ2v) is 11.7. The van der Waals surface area contributed by atoms with Crippen molar-refractivity contribution in [2.45, 2.75) is 17.4 Å². The van der Waals surface area contributed by atoms with E-state index in [2.05, 4.69) is 5.32 Å². The summed E-state index contributed by atoms with van der Waals surface area (Å²) in [6.45, 7) is 1.67. The topological polar surface area (TPSA) is 120 Å². The predicted octanol–water partition coefficient (Wildman–Crippen LogP) is 5.44. The van der Waals surface area contributed by atoms with Gasteiger partial charge in [0.1, 0.15) is 27.9 Å². The summed E-state index contributed by atoms with van der Waals surface area (Å²) in [5.41, 5.74) is -1.40. The molecule has 1 aliphatic rings. The molecule has 1 unspecified atom stereocenters. The first kappa shape index (κ1) is 29.7. The maximum Gasteiger partial charge on any atom is 0.414 e. The van der Waals surface area contributed by atoms with Crippen molar-refractivity contribution in [2.75, 3.05) is 25.6 Å². The van der Waals surface area contributed by atoms with Crippen molar-refractivity contribution >= 4 is 39.3 Å². The Hall–Kier alpha value is -4.74. The minimum atomic E-state index is -4.66. The number of para-hydroxylation sites is 2. The van der Waals surface area contributed by atoms with Gasteiger partial charge in [-0.3, -0.25) is 10.1 Å². The maximum absolute atomic E-state index is 14.8. The Kier molecular flexibility index (Phi) is 7.96. The average molecular weight is 623 g/mol. The second-order valence-electron chi connectivity index (χ2n) is 9.49. The van der Waals surface area contributed by atoms with Crippen molar-refractivity contribution in [3.63, 3.8) is 0 Å². The van der Waals surface area contributed by atoms with Crippen LogP contribution in [0.15, 0.2) is 89.8 Å². The molecule has 1 heterocycles. The van der Waals surface area contributed by atoms with Gasteiger partial charge in [0.05, 0.1) is 27.0 Å². The molecule has 4 aromatic rings. The summed E-state index contributed by atoms with van der Waals surface area (Å²) in [4.78, 5) is 28.0. The number of hydrogen-bond donors (Lipinski definition) is 1. The zero-order valence-electron chi connectivity index (χ0n) is 23.6. The quantitative estimate of drug-likeness (QED) is 0.276. The highest BCUT2D eigenvalue weighted by atomic mass is 35.5. The van der Waals surface area contributed by atoms with Crippen molar-refractivity contribution in [1.82, 2.24) is 5.32 Å². The lowest BCUT2D eigenvalue weighted by molar-refractivity contribution is -0.121. The zero-order chi connectivity index (χ0) is 30.9. The molecule has 0 aromatic heterocycles. The predicted molar refractivity (Wildman–Crippen MR) is 160 cm³/mol. The Morgan fingerprint density at radius 2 is 1.49 bits per heavy atom. The number of sulfonamides is 1. The first-order valence-corrected chi connectivity index (χ1v) is 14.7. The monoisotopic (exact) mass is 622 g/mol. The number of amides is 2. The number of methoxy groups -OCH3 is 3. The highest BCUT2D eigenvalue weighted by molar-refractivity contribution is 7.93. The van der Waals surface area contributed by atoms with E-state index in [-0.39, 0.29) is 44.0 Å². The number of benzene rings is 4. The summed E-state index contributed by atoms with van der Waals surface area (Å²) in [5.74, 6) is -0.308. The number of aryl methyl sites for hydroxylation is 1. The van der Waals surface area contributed by atoms with Crippen LogP contribution in [0.3, 0.4) is 0 Å². The molecule has 43 heavy (non-hydrogen) atoms. The largest absolute Gasteiger partial charge is 0.497 e. The maximum atomic E-state index is 14.8. The molecule has 10 nitrogen and oxygen atoms in total. The van der Waals surface area contributed by atoms with E-state index in [1.165, 1.54) is 51.7 Å². The van der Waals surface area contributed by atoms with E-state index in [9.17, 15) is 18.0 Å². The number of carbonyl (C=O) groups excluding carboxylic acids is 2. The van der Waals surface area contributed by atoms with E-state index in [0.717, 1.165) is 0 Å². The fourth-order valence-electron chi connectivity index (χ4n) is 5.01. The SMILES string of the molecule is COc1ccc(S(=O)(=O)N2C(=O)C(NC(=O)Oc3ccccc3)(c3ccccc3OC)c3cc(Cl)c(C)cc32)c(OC)c1. The third-order valence-corrected chi connectivity index (χ3v) is 9.19. The van der Waals surface area contributed by atoms with Crippen molar-refractivity contribution in [1.29, 1.82) is 0 Å². The van der Waals surface area contributed by atoms with E-state index in [1.807, 2.05) is 0 Å². The lowest BCUT2D eigenvalue weighted by atomic mass is 9.83. The van der Waals surface area contributed by atoms with Crippen LogP contribution in [0.4, 0.5) is 10.5 Å². The normalized spacial score (nSPS) is 15.9. The molecule has 0 fully saturated rings. The molecule has 0 bridgehead atoms. The van der Waals surface area contributed by atoms with Crippen LogP contribution in [0.1, 0.15) is 16.7 Å². The van der Waals surface area contributed by atoms with Crippen LogP contribution in [-0.2, 0) is 20.4 Å². The minimum Gasteiger partial charge on any atom is -0.497 e. The number of halogens is 1. The molecule has 0 aliphatic carbocycles. The summed E-state index contributed by atoms with van der Waals surface area (Å²) < 4.78 is 51.2. The van der Waals surface area contributed by atoms with Crippen molar-refractivity contribution in [2.24, 2.45) is 0 Å². The van der Waals surface area contributed by atoms with Gasteiger partial charge in [0.2, 0.25) is 0 Å². The molecule has 0 radical (unpaired) electrons. The number of nitrogens with zero attached hydrogens (tertiary/aromatic N) is 1. The Morgan fingerprint density at radius 3 is 2.16 bits per heavy atom. The van der Waals surface area contributed by atoms with Gasteiger partial charge in [0.15, 0.2) is 5.54 Å². The summed E-state index contributed by atoms with van der Waals surface area (Å²) >= 11 is 6.57. The van der Waals surface area contributed by atoms with Gasteiger partial charge in [-0.25, -0.2) is 13.2 Å². The highest BCUT2D eigenvalue weighted by Gasteiger charge is 2.59. The van der Waals surface area contributed by atoms with Crippen molar-refractivity contribution in [3.05, 3.63) is 107 Å². The number of hydrogen-bond acceptors (Lipinski definition) is 8. The number of nitrogens with one attached hydrogen (secondary N) is 1. The number of rotatable bonds is 8. The molecule has 222 valence electrons. The molecule has 2 amide bonds. The summed E-state index contributed by atoms with van der Waals surface area (Å²) in [6.07, 6.45) is -1.02. The van der Waals surface area contributed by atoms with Crippen molar-refractivity contribution in [3.8, 4) is 23.0 Å². The molecule has 12 heteroatoms. The first-order chi connectivity index (χ1) is 20.6. The van der Waals surface area contributed by atoms with Crippen molar-refractivity contribution < 1.29 is 37.0 Å². The Morgan fingerprint density at radius 1 is 0.814 bits per heavy atom. The number of ether oxygens (including phenoxy) is 4. The molecule has 5 rings (SSSR count). The molecular formula is C31H27ClN2O8S. The van der Waals surface area contributed by atoms with E-state index >= 15 is 0 Å². The molecule has 0 saturated carbocycles. The molecule has 1 aliphatic heterocycles. The third kappa shape index (κ3) is 5.00. The second kappa shape index (κ2) is 11.5. The van der Waals surface area contributed by atoms with Gasteiger partial charge in [-0.05, 0) is 55.0 Å². The average Bonchev–Trinajstić information content (AvgIpc) is 3.24. The lowest BCUT2D eigenvalue weighted by Crippen LogP contribution is -2.55. The summed E-state index contributed by atoms with van der Waals surface area (Å²) in [6, 6.07) is 21.7. The van der Waals surface area contributed by atoms with Gasteiger partial charge >= 0.3 is 6.09 Å². The van der Waals surface area contributed by atoms with E-state index in [4.69, 9.17) is 30.5 Å². The summed E-state index contributed by atoms with van der Waals surface area (Å²) in [5, 5.41) is 2.92. The Balaban J connectivity index is 1.78. The molecule has 4 aromatic carbocycles. The van der Waals surface area contributed by atoms with Gasteiger partial charge in [0.25, 0.3) is 15.9 Å². The van der Waals surface area contributed by atoms with E-state index < -0.39 is 27.6 Å². The molecule has 0 saturated heterocycles. The third-order valence-electron chi connectivity index (χ3n) is 7.05. The fraction of sp³-hybridized carbons (Fsp3) is 0.161. The van der Waals surface area contributed by atoms with Crippen LogP contribution in [0, 0.1) is 6.92 Å². The zero-order valence-corrected chi connectivity index (χ0v) is 25.2. The summed E-state index contributed by atoms with van der Waals surface area (Å²) in [7, 11) is -0.536. The van der Waals surface area contributed by atoms with Gasteiger partial charge in [-0.2, -0.15) is 4.31 Å². The molecular weight excluding hydrogens is 596 g/mol. The van der Waals surface area contributed by atoms with Crippen LogP contribution >= 0.6 is 11.6 Å². The van der Waals surface area contributed by atoms with Crippen LogP contribution in [0.5, 0.6) is 23.0 Å². The van der Waals surface area contributed by atoms with Crippen LogP contribution < -0.4 is 28.6 Å². The molecule has 1 atom stereocenters. The fourth-order valence-corrected chi connectivity index (χ4v) is 6.78. The molecule has 0 spiro atoms. The van der Waals surface area contributed by atoms with E-state index in [0.29, 0.717) is 15.6 Å². The number of carbonyl (C=O) groups is 2. The number of fused-ring (bicyclic) bond motifs is 1. The highest BCUT2D eigenvalue weighted by Crippen LogP contribution is 2.51. The standard InChI is InChI=1S/C31H27ClN2O8S/c1-19-16-25-23(18-24(19)32)31(22-12-8-9-13-26(22)40-3,33-30(36)42-20-10-6-5-7-11-20)29(35)34(25)43(37,38)28-15-14-21(39-2)17-27(28)41-4/h5-18H,1-4H3,(H,33,36). The van der Waals surface area contributed by atoms with Gasteiger partial charge in [-0.15, -0.1) is 0 Å². The first-order valence-electron chi connectivity index (χ1n) is 12.9. The van der Waals surface area contributed by atoms with E-state index in [1.54, 1.807) is 61.5 Å².